The van der Waals surface area contributed by atoms with E-state index in [-0.39, 0.29) is 53.6 Å². The van der Waals surface area contributed by atoms with Gasteiger partial charge in [-0.05, 0) is 111 Å². The van der Waals surface area contributed by atoms with Gasteiger partial charge in [0.25, 0.3) is 0 Å². The van der Waals surface area contributed by atoms with Gasteiger partial charge in [-0.3, -0.25) is 10.1 Å². The maximum absolute atomic E-state index is 12.7. The van der Waals surface area contributed by atoms with E-state index in [1.165, 1.54) is 6.92 Å². The summed E-state index contributed by atoms with van der Waals surface area (Å²) in [5.41, 5.74) is -1.05. The molecule has 0 aromatic carbocycles. The van der Waals surface area contributed by atoms with Crippen LogP contribution in [0.4, 0.5) is 0 Å². The Balaban J connectivity index is 0.707. The summed E-state index contributed by atoms with van der Waals surface area (Å²) in [6.45, 7) is 5.60. The fourth-order valence-electron chi connectivity index (χ4n) is 18.4. The van der Waals surface area contributed by atoms with Crippen LogP contribution in [0, 0.1) is 58.2 Å². The first kappa shape index (κ1) is 67.8. The molecule has 5 aliphatic carbocycles. The molecule has 17 N–H and O–H groups in total. The van der Waals surface area contributed by atoms with Gasteiger partial charge < -0.3 is 134 Å². The van der Waals surface area contributed by atoms with Crippen molar-refractivity contribution in [3.05, 3.63) is 0 Å². The molecule has 88 heavy (non-hydrogen) atoms. The number of carbonyl (C=O) groups excluding carboxylic acids is 1. The molecule has 5 saturated carbocycles. The fourth-order valence-corrected chi connectivity index (χ4v) is 18.4. The predicted molar refractivity (Wildman–Crippen MR) is 293 cm³/mol. The van der Waals surface area contributed by atoms with E-state index < -0.39 is 204 Å². The Kier molecular flexibility index (Phi) is 20.7. The van der Waals surface area contributed by atoms with Crippen LogP contribution in [0.25, 0.3) is 0 Å². The molecule has 0 radical (unpaired) electrons. The number of carbonyl (C=O) groups is 1. The van der Waals surface area contributed by atoms with Crippen LogP contribution in [0.3, 0.4) is 0 Å². The largest absolute Gasteiger partial charge is 0.458 e. The van der Waals surface area contributed by atoms with Gasteiger partial charge in [0.2, 0.25) is 0 Å². The van der Waals surface area contributed by atoms with Gasteiger partial charge in [-0.25, -0.2) is 0 Å². The second-order valence-electron chi connectivity index (χ2n) is 28.0. The number of esters is 1. The van der Waals surface area contributed by atoms with Crippen LogP contribution in [0.1, 0.15) is 91.9 Å². The number of ether oxygens (including phenoxy) is 11. The van der Waals surface area contributed by atoms with Crippen molar-refractivity contribution in [3.63, 3.8) is 0 Å². The molecule has 11 aliphatic rings. The Morgan fingerprint density at radius 2 is 1.20 bits per heavy atom. The number of fused-ring (bicyclic) bond motifs is 7. The molecule has 29 nitrogen and oxygen atoms in total. The van der Waals surface area contributed by atoms with Gasteiger partial charge in [-0.1, -0.05) is 20.8 Å². The van der Waals surface area contributed by atoms with Crippen molar-refractivity contribution in [1.82, 2.24) is 5.32 Å². The number of hydrogen-bond acceptors (Lipinski definition) is 29. The molecule has 11 fully saturated rings. The summed E-state index contributed by atoms with van der Waals surface area (Å²) in [5.74, 6) is -0.0779. The Morgan fingerprint density at radius 1 is 0.568 bits per heavy atom. The lowest BCUT2D eigenvalue weighted by molar-refractivity contribution is -0.374. The zero-order chi connectivity index (χ0) is 63.2. The third-order valence-electron chi connectivity index (χ3n) is 23.3. The van der Waals surface area contributed by atoms with Crippen LogP contribution in [0.2, 0.25) is 0 Å². The summed E-state index contributed by atoms with van der Waals surface area (Å²) in [5, 5.41) is 175. The van der Waals surface area contributed by atoms with Gasteiger partial charge in [-0.15, -0.1) is 0 Å². The first-order valence-corrected chi connectivity index (χ1v) is 31.8. The second kappa shape index (κ2) is 26.9. The molecular weight excluding hydrogens is 1170 g/mol. The SMILES string of the molecule is CC(=O)O[C@H]1C[C@@H](CO[C@@H]2O[C@H](CO)[C@@H](O)[C@H](O)[C@H]2O)CN[C@@]12O[C@H]1C[C@@H]3[C@@H]4CC[C@H]5C[C@@H](O[C@@H]6O[C@H](CO)[C@H](O[C@@H]7O[C@H](CO)[C@@H](O)[C@H](O)[C@H]7O[C@@H]7C[C@H](CO)[C@@H](O)[C@H](O[C@@H]8OC[C@@H](O)[C@H](O)[C@H]8O)[C@H]7O)[C@H](O)[C@H]6O)CC[C@]5(C)[C@H]4CC[C@]3(C)[C@H]1[C@@H]2C. The first-order chi connectivity index (χ1) is 41.8. The lowest BCUT2D eigenvalue weighted by Crippen LogP contribution is -2.67. The van der Waals surface area contributed by atoms with Crippen molar-refractivity contribution < 1.29 is 139 Å². The van der Waals surface area contributed by atoms with E-state index in [1.54, 1.807) is 0 Å². The lowest BCUT2D eigenvalue weighted by Gasteiger charge is -2.61. The molecule has 0 amide bonds. The minimum absolute atomic E-state index is 0.0321. The van der Waals surface area contributed by atoms with E-state index in [1.807, 2.05) is 0 Å². The van der Waals surface area contributed by atoms with Gasteiger partial charge in [0.15, 0.2) is 30.9 Å². The van der Waals surface area contributed by atoms with Gasteiger partial charge >= 0.3 is 5.97 Å². The van der Waals surface area contributed by atoms with Crippen molar-refractivity contribution in [2.75, 3.05) is 46.2 Å². The van der Waals surface area contributed by atoms with Crippen LogP contribution in [-0.4, -0.2) is 299 Å². The first-order valence-electron chi connectivity index (χ1n) is 31.8. The molecule has 506 valence electrons. The van der Waals surface area contributed by atoms with Gasteiger partial charge in [0, 0.05) is 31.9 Å². The summed E-state index contributed by atoms with van der Waals surface area (Å²) < 4.78 is 66.9. The molecule has 0 unspecified atom stereocenters. The van der Waals surface area contributed by atoms with Crippen molar-refractivity contribution >= 4 is 5.97 Å². The normalized spacial score (nSPS) is 55.5. The summed E-state index contributed by atoms with van der Waals surface area (Å²) >= 11 is 0. The van der Waals surface area contributed by atoms with E-state index in [2.05, 4.69) is 26.1 Å². The summed E-state index contributed by atoms with van der Waals surface area (Å²) in [6.07, 6.45) is -31.1. The highest BCUT2D eigenvalue weighted by Crippen LogP contribution is 2.71. The lowest BCUT2D eigenvalue weighted by atomic mass is 9.44. The maximum Gasteiger partial charge on any atom is 0.303 e. The average Bonchev–Trinajstić information content (AvgIpc) is 1.56. The second-order valence-corrected chi connectivity index (χ2v) is 28.0. The number of piperidine rings is 1. The van der Waals surface area contributed by atoms with Crippen LogP contribution in [-0.2, 0) is 56.9 Å². The number of hydrogen-bond donors (Lipinski definition) is 17. The maximum atomic E-state index is 12.7. The van der Waals surface area contributed by atoms with Gasteiger partial charge in [0.1, 0.15) is 110 Å². The third kappa shape index (κ3) is 12.1. The molecule has 0 bridgehead atoms. The minimum atomic E-state index is -1.92. The molecule has 0 aromatic rings. The van der Waals surface area contributed by atoms with Crippen molar-refractivity contribution in [3.8, 4) is 0 Å². The Morgan fingerprint density at radius 3 is 1.90 bits per heavy atom. The van der Waals surface area contributed by atoms with Gasteiger partial charge in [0.05, 0.1) is 57.5 Å². The van der Waals surface area contributed by atoms with Crippen LogP contribution in [0.5, 0.6) is 0 Å². The Labute approximate surface area is 510 Å². The zero-order valence-electron chi connectivity index (χ0n) is 50.2. The van der Waals surface area contributed by atoms with E-state index in [0.29, 0.717) is 43.6 Å². The Bertz CT molecular complexity index is 2330. The summed E-state index contributed by atoms with van der Waals surface area (Å²) in [7, 11) is 0. The summed E-state index contributed by atoms with van der Waals surface area (Å²) in [4.78, 5) is 12.7. The molecule has 11 rings (SSSR count). The standard InChI is InChI=1S/C59H97NO28/c1-22-38-32(88-59(22)37(80-23(2)65)11-24(15-60-59)20-78-53-48(76)44(72)41(69)34(17-62)83-53)14-30-28-6-5-26-13-27(7-9-57(26,3)29(28)8-10-58(30,38)4)81-55-49(77)46(74)50(36(19-64)85-55)86-56-52(45(73)42(70)35(18-63)84-56)82-33-12-25(16-61)39(67)51(43(33)71)87-54-47(75)40(68)31(66)21-79-54/h22,24-56,60-64,66-77H,5-21H2,1-4H3/t22-,24+,25+,26-,27-,28+,29-,30+,31+,32-,33+,34+,35+,36+,37-,38-,39+,40-,41+,42+,43-,44-,45-,46+,47+,48+,49+,50-,51-,52+,53+,54-,55+,56-,57-,58-,59-/m0/s1. The number of nitrogens with one attached hydrogen (secondary N) is 1. The highest BCUT2D eigenvalue weighted by atomic mass is 16.8. The molecule has 6 heterocycles. The van der Waals surface area contributed by atoms with Crippen molar-refractivity contribution in [2.45, 2.75) is 257 Å². The molecule has 0 aromatic heterocycles. The van der Waals surface area contributed by atoms with Crippen LogP contribution in [0.15, 0.2) is 0 Å². The minimum Gasteiger partial charge on any atom is -0.458 e. The number of aliphatic hydroxyl groups is 16. The van der Waals surface area contributed by atoms with E-state index in [0.717, 1.165) is 38.5 Å². The molecule has 6 aliphatic heterocycles. The van der Waals surface area contributed by atoms with E-state index in [4.69, 9.17) is 52.1 Å². The highest BCUT2D eigenvalue weighted by molar-refractivity contribution is 5.66. The zero-order valence-corrected chi connectivity index (χ0v) is 50.2. The fraction of sp³-hybridized carbons (Fsp3) is 0.983. The smallest absolute Gasteiger partial charge is 0.303 e. The molecule has 6 saturated heterocycles. The van der Waals surface area contributed by atoms with E-state index >= 15 is 0 Å². The monoisotopic (exact) mass is 1270 g/mol. The van der Waals surface area contributed by atoms with Crippen LogP contribution >= 0.6 is 0 Å². The molecule has 29 heteroatoms. The Hall–Kier alpha value is -1.61. The number of aliphatic hydroxyl groups excluding tert-OH is 16. The number of rotatable bonds is 16. The molecule has 37 atom stereocenters. The van der Waals surface area contributed by atoms with Crippen molar-refractivity contribution in [1.29, 1.82) is 0 Å². The predicted octanol–water partition coefficient (Wildman–Crippen LogP) is -5.70. The van der Waals surface area contributed by atoms with Crippen LogP contribution < -0.4 is 5.32 Å². The summed E-state index contributed by atoms with van der Waals surface area (Å²) in [6, 6.07) is 0. The third-order valence-corrected chi connectivity index (χ3v) is 23.3. The molecular formula is C59H97NO28. The van der Waals surface area contributed by atoms with E-state index in [9.17, 15) is 86.5 Å². The van der Waals surface area contributed by atoms with Gasteiger partial charge in [-0.2, -0.15) is 0 Å². The average molecular weight is 1270 g/mol. The molecule has 1 spiro atoms. The highest BCUT2D eigenvalue weighted by Gasteiger charge is 2.71. The topological polar surface area (TPSA) is 454 Å². The van der Waals surface area contributed by atoms with Crippen molar-refractivity contribution in [2.24, 2.45) is 58.2 Å². The quantitative estimate of drug-likeness (QED) is 0.0506.